The van der Waals surface area contributed by atoms with Crippen molar-refractivity contribution in [3.8, 4) is 0 Å². The number of amides is 2. The summed E-state index contributed by atoms with van der Waals surface area (Å²) in [5.74, 6) is -0.280. The number of ether oxygens (including phenoxy) is 1. The summed E-state index contributed by atoms with van der Waals surface area (Å²) < 4.78 is 6.87. The van der Waals surface area contributed by atoms with Crippen LogP contribution in [-0.2, 0) is 22.6 Å². The van der Waals surface area contributed by atoms with Crippen molar-refractivity contribution in [2.75, 3.05) is 0 Å². The van der Waals surface area contributed by atoms with Crippen LogP contribution in [0.4, 0.5) is 4.79 Å². The van der Waals surface area contributed by atoms with Crippen LogP contribution in [0.2, 0.25) is 0 Å². The van der Waals surface area contributed by atoms with Crippen molar-refractivity contribution in [2.24, 2.45) is 0 Å². The highest BCUT2D eigenvalue weighted by Gasteiger charge is 2.20. The molecule has 0 fully saturated rings. The van der Waals surface area contributed by atoms with Crippen LogP contribution in [0.25, 0.3) is 0 Å². The van der Waals surface area contributed by atoms with Gasteiger partial charge in [0.1, 0.15) is 24.3 Å². The standard InChI is InChI=1S/C18H25N5O3/c1-13(22-17(25)26-18(2,3)4)16(24)20-9-14-6-5-7-15(8-14)10-23-12-19-11-21-23/h5-8,11-13H,9-10H2,1-4H3,(H,20,24)(H,22,25)/t13-/m1/s1. The van der Waals surface area contributed by atoms with E-state index in [2.05, 4.69) is 20.7 Å². The van der Waals surface area contributed by atoms with Crippen molar-refractivity contribution >= 4 is 12.0 Å². The third kappa shape index (κ3) is 6.54. The molecule has 2 rings (SSSR count). The van der Waals surface area contributed by atoms with Gasteiger partial charge >= 0.3 is 6.09 Å². The molecule has 8 heteroatoms. The summed E-state index contributed by atoms with van der Waals surface area (Å²) in [4.78, 5) is 27.8. The van der Waals surface area contributed by atoms with Crippen LogP contribution in [0.1, 0.15) is 38.8 Å². The van der Waals surface area contributed by atoms with Crippen molar-refractivity contribution in [2.45, 2.75) is 52.4 Å². The average molecular weight is 359 g/mol. The van der Waals surface area contributed by atoms with Gasteiger partial charge in [-0.1, -0.05) is 24.3 Å². The van der Waals surface area contributed by atoms with Gasteiger partial charge in [0.15, 0.2) is 0 Å². The molecule has 0 aliphatic rings. The quantitative estimate of drug-likeness (QED) is 0.820. The second-order valence-corrected chi connectivity index (χ2v) is 7.00. The number of nitrogens with one attached hydrogen (secondary N) is 2. The number of carbonyl (C=O) groups is 2. The molecule has 1 aromatic carbocycles. The Bertz CT molecular complexity index is 738. The third-order valence-corrected chi connectivity index (χ3v) is 3.40. The lowest BCUT2D eigenvalue weighted by Gasteiger charge is -2.21. The highest BCUT2D eigenvalue weighted by molar-refractivity contribution is 5.85. The number of nitrogens with zero attached hydrogens (tertiary/aromatic N) is 3. The zero-order valence-electron chi connectivity index (χ0n) is 15.5. The second kappa shape index (κ2) is 8.46. The molecule has 8 nitrogen and oxygen atoms in total. The molecule has 1 atom stereocenters. The van der Waals surface area contributed by atoms with Crippen LogP contribution in [0.5, 0.6) is 0 Å². The summed E-state index contributed by atoms with van der Waals surface area (Å²) in [5, 5.41) is 9.41. The van der Waals surface area contributed by atoms with Gasteiger partial charge in [0, 0.05) is 6.54 Å². The number of rotatable bonds is 6. The number of benzene rings is 1. The number of hydrogen-bond acceptors (Lipinski definition) is 5. The third-order valence-electron chi connectivity index (χ3n) is 3.40. The Morgan fingerprint density at radius 3 is 2.65 bits per heavy atom. The second-order valence-electron chi connectivity index (χ2n) is 7.00. The summed E-state index contributed by atoms with van der Waals surface area (Å²) >= 11 is 0. The van der Waals surface area contributed by atoms with Gasteiger partial charge in [-0.15, -0.1) is 0 Å². The van der Waals surface area contributed by atoms with Crippen molar-refractivity contribution in [3.05, 3.63) is 48.0 Å². The van der Waals surface area contributed by atoms with Gasteiger partial charge in [0.25, 0.3) is 0 Å². The van der Waals surface area contributed by atoms with Crippen molar-refractivity contribution in [3.63, 3.8) is 0 Å². The van der Waals surface area contributed by atoms with Gasteiger partial charge < -0.3 is 15.4 Å². The summed E-state index contributed by atoms with van der Waals surface area (Å²) in [7, 11) is 0. The lowest BCUT2D eigenvalue weighted by molar-refractivity contribution is -0.122. The van der Waals surface area contributed by atoms with Crippen LogP contribution in [-0.4, -0.2) is 38.4 Å². The van der Waals surface area contributed by atoms with E-state index in [4.69, 9.17) is 4.74 Å². The average Bonchev–Trinajstić information content (AvgIpc) is 3.04. The van der Waals surface area contributed by atoms with E-state index in [0.29, 0.717) is 13.1 Å². The van der Waals surface area contributed by atoms with E-state index in [0.717, 1.165) is 11.1 Å². The van der Waals surface area contributed by atoms with Crippen LogP contribution < -0.4 is 10.6 Å². The number of aromatic nitrogens is 3. The smallest absolute Gasteiger partial charge is 0.408 e. The van der Waals surface area contributed by atoms with Crippen molar-refractivity contribution in [1.29, 1.82) is 0 Å². The summed E-state index contributed by atoms with van der Waals surface area (Å²) in [6, 6.07) is 7.14. The highest BCUT2D eigenvalue weighted by Crippen LogP contribution is 2.08. The van der Waals surface area contributed by atoms with Crippen LogP contribution in [0.3, 0.4) is 0 Å². The normalized spacial score (nSPS) is 12.3. The van der Waals surface area contributed by atoms with E-state index in [-0.39, 0.29) is 5.91 Å². The lowest BCUT2D eigenvalue weighted by atomic mass is 10.1. The van der Waals surface area contributed by atoms with Crippen LogP contribution in [0.15, 0.2) is 36.9 Å². The predicted octanol–water partition coefficient (Wildman–Crippen LogP) is 1.86. The monoisotopic (exact) mass is 359 g/mol. The minimum atomic E-state index is -0.691. The molecule has 0 spiro atoms. The molecule has 2 amide bonds. The molecule has 0 saturated heterocycles. The van der Waals surface area contributed by atoms with Gasteiger partial charge in [-0.05, 0) is 38.8 Å². The maximum absolute atomic E-state index is 12.2. The largest absolute Gasteiger partial charge is 0.444 e. The minimum absolute atomic E-state index is 0.280. The number of hydrogen-bond donors (Lipinski definition) is 2. The molecule has 140 valence electrons. The van der Waals surface area contributed by atoms with Gasteiger partial charge in [0.05, 0.1) is 6.54 Å². The van der Waals surface area contributed by atoms with Gasteiger partial charge in [-0.25, -0.2) is 14.5 Å². The fourth-order valence-electron chi connectivity index (χ4n) is 2.23. The first-order valence-electron chi connectivity index (χ1n) is 8.40. The maximum atomic E-state index is 12.2. The first-order chi connectivity index (χ1) is 12.2. The van der Waals surface area contributed by atoms with Gasteiger partial charge in [-0.3, -0.25) is 4.79 Å². The molecule has 0 saturated carbocycles. The first kappa shape index (κ1) is 19.4. The summed E-state index contributed by atoms with van der Waals surface area (Å²) in [6.07, 6.45) is 2.52. The van der Waals surface area contributed by atoms with E-state index < -0.39 is 17.7 Å². The van der Waals surface area contributed by atoms with Crippen LogP contribution in [0, 0.1) is 0 Å². The fraction of sp³-hybridized carbons (Fsp3) is 0.444. The fourth-order valence-corrected chi connectivity index (χ4v) is 2.23. The Kier molecular flexibility index (Phi) is 6.32. The Labute approximate surface area is 153 Å². The lowest BCUT2D eigenvalue weighted by Crippen LogP contribution is -2.46. The zero-order valence-corrected chi connectivity index (χ0v) is 15.5. The Hall–Kier alpha value is -2.90. The van der Waals surface area contributed by atoms with E-state index in [1.54, 1.807) is 38.7 Å². The van der Waals surface area contributed by atoms with Crippen LogP contribution >= 0.6 is 0 Å². The predicted molar refractivity (Wildman–Crippen MR) is 96.2 cm³/mol. The molecule has 0 radical (unpaired) electrons. The van der Waals surface area contributed by atoms with Gasteiger partial charge in [-0.2, -0.15) is 5.10 Å². The first-order valence-corrected chi connectivity index (χ1v) is 8.40. The molecule has 1 heterocycles. The van der Waals surface area contributed by atoms with E-state index in [1.165, 1.54) is 6.33 Å². The van der Waals surface area contributed by atoms with E-state index in [9.17, 15) is 9.59 Å². The molecule has 26 heavy (non-hydrogen) atoms. The SMILES string of the molecule is C[C@@H](NC(=O)OC(C)(C)C)C(=O)NCc1cccc(Cn2cncn2)c1. The number of alkyl carbamates (subject to hydrolysis) is 1. The summed E-state index contributed by atoms with van der Waals surface area (Å²) in [6.45, 7) is 7.89. The Morgan fingerprint density at radius 2 is 2.00 bits per heavy atom. The van der Waals surface area contributed by atoms with E-state index >= 15 is 0 Å². The van der Waals surface area contributed by atoms with Crippen molar-refractivity contribution in [1.82, 2.24) is 25.4 Å². The molecular formula is C18H25N5O3. The summed E-state index contributed by atoms with van der Waals surface area (Å²) in [5.41, 5.74) is 1.41. The number of carbonyl (C=O) groups excluding carboxylic acids is 2. The topological polar surface area (TPSA) is 98.1 Å². The molecule has 2 N–H and O–H groups in total. The van der Waals surface area contributed by atoms with Gasteiger partial charge in [0.2, 0.25) is 5.91 Å². The van der Waals surface area contributed by atoms with Crippen molar-refractivity contribution < 1.29 is 14.3 Å². The Morgan fingerprint density at radius 1 is 1.27 bits per heavy atom. The highest BCUT2D eigenvalue weighted by atomic mass is 16.6. The molecule has 1 aromatic heterocycles. The molecule has 0 aliphatic carbocycles. The molecule has 0 unspecified atom stereocenters. The maximum Gasteiger partial charge on any atom is 0.408 e. The van der Waals surface area contributed by atoms with E-state index in [1.807, 2.05) is 24.3 Å². The molecular weight excluding hydrogens is 334 g/mol. The minimum Gasteiger partial charge on any atom is -0.444 e. The molecule has 0 aliphatic heterocycles. The Balaban J connectivity index is 1.84. The molecule has 2 aromatic rings. The zero-order chi connectivity index (χ0) is 19.2. The molecule has 0 bridgehead atoms.